The van der Waals surface area contributed by atoms with Crippen LogP contribution < -0.4 is 10.9 Å². The Hall–Kier alpha value is -3.06. The van der Waals surface area contributed by atoms with Crippen LogP contribution in [0.2, 0.25) is 0 Å². The summed E-state index contributed by atoms with van der Waals surface area (Å²) in [7, 11) is 0. The van der Waals surface area contributed by atoms with Gasteiger partial charge in [-0.2, -0.15) is 0 Å². The lowest BCUT2D eigenvalue weighted by atomic mass is 10.1. The first kappa shape index (κ1) is 18.3. The Kier molecular flexibility index (Phi) is 4.92. The number of para-hydroxylation sites is 2. The van der Waals surface area contributed by atoms with Crippen LogP contribution in [0.3, 0.4) is 0 Å². The molecule has 0 spiro atoms. The Labute approximate surface area is 170 Å². The third kappa shape index (κ3) is 3.41. The summed E-state index contributed by atoms with van der Waals surface area (Å²) in [5.74, 6) is -0.558. The average Bonchev–Trinajstić information content (AvgIpc) is 3.22. The average molecular weight is 439 g/mol. The second kappa shape index (κ2) is 7.52. The maximum atomic E-state index is 12.4. The van der Waals surface area contributed by atoms with Crippen LogP contribution in [0.15, 0.2) is 59.2 Å². The topological polar surface area (TPSA) is 78.9 Å². The lowest BCUT2D eigenvalue weighted by Crippen LogP contribution is -2.43. The SMILES string of the molecule is Cc1c(Br)c2ccccc2n1CC(=O)NNC(=O)Cc1c[nH]c2ccccc12. The predicted molar refractivity (Wildman–Crippen MR) is 113 cm³/mol. The van der Waals surface area contributed by atoms with Gasteiger partial charge in [-0.1, -0.05) is 36.4 Å². The lowest BCUT2D eigenvalue weighted by Gasteiger charge is -2.10. The molecule has 4 rings (SSSR count). The maximum Gasteiger partial charge on any atom is 0.258 e. The number of aromatic nitrogens is 2. The number of halogens is 1. The van der Waals surface area contributed by atoms with Crippen molar-refractivity contribution in [1.29, 1.82) is 0 Å². The summed E-state index contributed by atoms with van der Waals surface area (Å²) in [6.07, 6.45) is 2.00. The molecule has 0 aliphatic rings. The van der Waals surface area contributed by atoms with Crippen LogP contribution in [0.5, 0.6) is 0 Å². The van der Waals surface area contributed by atoms with E-state index >= 15 is 0 Å². The largest absolute Gasteiger partial charge is 0.361 e. The number of nitrogens with one attached hydrogen (secondary N) is 3. The number of aromatic amines is 1. The fourth-order valence-corrected chi connectivity index (χ4v) is 3.96. The molecule has 2 heterocycles. The zero-order valence-electron chi connectivity index (χ0n) is 15.3. The summed E-state index contributed by atoms with van der Waals surface area (Å²) in [5, 5.41) is 2.06. The van der Waals surface area contributed by atoms with E-state index in [-0.39, 0.29) is 24.8 Å². The van der Waals surface area contributed by atoms with Gasteiger partial charge in [-0.25, -0.2) is 0 Å². The van der Waals surface area contributed by atoms with Crippen molar-refractivity contribution in [3.8, 4) is 0 Å². The molecule has 0 fully saturated rings. The standard InChI is InChI=1S/C21H19BrN4O2/c1-13-21(22)16-7-3-5-9-18(16)26(13)12-20(28)25-24-19(27)10-14-11-23-17-8-4-2-6-15(14)17/h2-9,11,23H,10,12H2,1H3,(H,24,27)(H,25,28). The molecule has 0 radical (unpaired) electrons. The van der Waals surface area contributed by atoms with E-state index in [1.54, 1.807) is 0 Å². The number of fused-ring (bicyclic) bond motifs is 2. The second-order valence-electron chi connectivity index (χ2n) is 6.64. The molecule has 6 nitrogen and oxygen atoms in total. The van der Waals surface area contributed by atoms with Crippen LogP contribution in [-0.4, -0.2) is 21.4 Å². The molecular weight excluding hydrogens is 420 g/mol. The second-order valence-corrected chi connectivity index (χ2v) is 7.43. The van der Waals surface area contributed by atoms with Gasteiger partial charge in [0, 0.05) is 38.2 Å². The third-order valence-corrected chi connectivity index (χ3v) is 5.82. The monoisotopic (exact) mass is 438 g/mol. The molecule has 28 heavy (non-hydrogen) atoms. The van der Waals surface area contributed by atoms with Crippen molar-refractivity contribution in [1.82, 2.24) is 20.4 Å². The van der Waals surface area contributed by atoms with E-state index in [1.807, 2.05) is 66.2 Å². The van der Waals surface area contributed by atoms with E-state index in [0.29, 0.717) is 0 Å². The van der Waals surface area contributed by atoms with Crippen LogP contribution in [0.25, 0.3) is 21.8 Å². The van der Waals surface area contributed by atoms with Gasteiger partial charge in [-0.05, 0) is 40.5 Å². The van der Waals surface area contributed by atoms with Crippen LogP contribution in [-0.2, 0) is 22.6 Å². The molecule has 7 heteroatoms. The quantitative estimate of drug-likeness (QED) is 0.425. The van der Waals surface area contributed by atoms with Gasteiger partial charge in [0.1, 0.15) is 6.54 Å². The molecule has 4 aromatic rings. The molecular formula is C21H19BrN4O2. The van der Waals surface area contributed by atoms with Gasteiger partial charge in [0.05, 0.1) is 6.42 Å². The van der Waals surface area contributed by atoms with E-state index in [9.17, 15) is 9.59 Å². The van der Waals surface area contributed by atoms with E-state index in [4.69, 9.17) is 0 Å². The highest BCUT2D eigenvalue weighted by Gasteiger charge is 2.15. The van der Waals surface area contributed by atoms with Crippen molar-refractivity contribution in [2.24, 2.45) is 0 Å². The Bertz CT molecular complexity index is 1190. The molecule has 0 atom stereocenters. The number of hydrogen-bond acceptors (Lipinski definition) is 2. The molecule has 0 saturated carbocycles. The summed E-state index contributed by atoms with van der Waals surface area (Å²) < 4.78 is 2.89. The number of hydrazine groups is 1. The first-order valence-electron chi connectivity index (χ1n) is 8.90. The van der Waals surface area contributed by atoms with Crippen LogP contribution in [0.1, 0.15) is 11.3 Å². The number of carbonyl (C=O) groups is 2. The summed E-state index contributed by atoms with van der Waals surface area (Å²) in [5.41, 5.74) is 8.80. The fourth-order valence-electron chi connectivity index (χ4n) is 3.41. The maximum absolute atomic E-state index is 12.4. The summed E-state index contributed by atoms with van der Waals surface area (Å²) in [6, 6.07) is 15.7. The summed E-state index contributed by atoms with van der Waals surface area (Å²) in [4.78, 5) is 27.8. The van der Waals surface area contributed by atoms with E-state index in [2.05, 4.69) is 31.8 Å². The molecule has 0 aliphatic heterocycles. The molecule has 2 aromatic carbocycles. The molecule has 2 aromatic heterocycles. The number of carbonyl (C=O) groups excluding carboxylic acids is 2. The van der Waals surface area contributed by atoms with Crippen molar-refractivity contribution in [2.75, 3.05) is 0 Å². The lowest BCUT2D eigenvalue weighted by molar-refractivity contribution is -0.128. The number of benzene rings is 2. The number of amides is 2. The Morgan fingerprint density at radius 1 is 1.00 bits per heavy atom. The number of nitrogens with zero attached hydrogens (tertiary/aromatic N) is 1. The molecule has 2 amide bonds. The zero-order valence-corrected chi connectivity index (χ0v) is 16.8. The van der Waals surface area contributed by atoms with Crippen molar-refractivity contribution in [3.05, 3.63) is 70.5 Å². The molecule has 0 aliphatic carbocycles. The molecule has 0 unspecified atom stereocenters. The van der Waals surface area contributed by atoms with Crippen LogP contribution in [0.4, 0.5) is 0 Å². The molecule has 0 saturated heterocycles. The van der Waals surface area contributed by atoms with Crippen molar-refractivity contribution in [2.45, 2.75) is 19.9 Å². The summed E-state index contributed by atoms with van der Waals surface area (Å²) >= 11 is 3.58. The minimum Gasteiger partial charge on any atom is -0.361 e. The minimum absolute atomic E-state index is 0.116. The van der Waals surface area contributed by atoms with Crippen molar-refractivity contribution < 1.29 is 9.59 Å². The minimum atomic E-state index is -0.288. The first-order chi connectivity index (χ1) is 13.5. The highest BCUT2D eigenvalue weighted by Crippen LogP contribution is 2.30. The van der Waals surface area contributed by atoms with Crippen LogP contribution in [0, 0.1) is 6.92 Å². The molecule has 142 valence electrons. The smallest absolute Gasteiger partial charge is 0.258 e. The first-order valence-corrected chi connectivity index (χ1v) is 9.70. The van der Waals surface area contributed by atoms with Gasteiger partial charge in [0.25, 0.3) is 5.91 Å². The third-order valence-electron chi connectivity index (χ3n) is 4.82. The highest BCUT2D eigenvalue weighted by molar-refractivity contribution is 9.10. The fraction of sp³-hybridized carbons (Fsp3) is 0.143. The van der Waals surface area contributed by atoms with Gasteiger partial charge in [0.2, 0.25) is 5.91 Å². The normalized spacial score (nSPS) is 11.1. The number of H-pyrrole nitrogens is 1. The van der Waals surface area contributed by atoms with Gasteiger partial charge in [-0.15, -0.1) is 0 Å². The van der Waals surface area contributed by atoms with Gasteiger partial charge in [0.15, 0.2) is 0 Å². The Morgan fingerprint density at radius 2 is 1.68 bits per heavy atom. The number of rotatable bonds is 4. The molecule has 3 N–H and O–H groups in total. The number of hydrogen-bond donors (Lipinski definition) is 3. The van der Waals surface area contributed by atoms with Gasteiger partial charge >= 0.3 is 0 Å². The Morgan fingerprint density at radius 3 is 2.50 bits per heavy atom. The van der Waals surface area contributed by atoms with Crippen LogP contribution >= 0.6 is 15.9 Å². The van der Waals surface area contributed by atoms with Crippen molar-refractivity contribution >= 4 is 49.6 Å². The van der Waals surface area contributed by atoms with Gasteiger partial charge < -0.3 is 9.55 Å². The van der Waals surface area contributed by atoms with E-state index in [1.165, 1.54) is 0 Å². The summed E-state index contributed by atoms with van der Waals surface area (Å²) in [6.45, 7) is 2.07. The van der Waals surface area contributed by atoms with Gasteiger partial charge in [-0.3, -0.25) is 20.4 Å². The van der Waals surface area contributed by atoms with Crippen molar-refractivity contribution in [3.63, 3.8) is 0 Å². The van der Waals surface area contributed by atoms with E-state index < -0.39 is 0 Å². The highest BCUT2D eigenvalue weighted by atomic mass is 79.9. The molecule has 0 bridgehead atoms. The predicted octanol–water partition coefficient (Wildman–Crippen LogP) is 3.58. The van der Waals surface area contributed by atoms with E-state index in [0.717, 1.165) is 37.5 Å². The zero-order chi connectivity index (χ0) is 19.7. The Balaban J connectivity index is 1.40.